The van der Waals surface area contributed by atoms with Crippen molar-refractivity contribution in [3.8, 4) is 0 Å². The minimum atomic E-state index is -0.964. The normalized spacial score (nSPS) is 21.7. The van der Waals surface area contributed by atoms with E-state index >= 15 is 0 Å². The molecule has 4 aliphatic rings. The molecule has 0 amide bonds. The Hall–Kier alpha value is -5.92. The number of esters is 4. The number of aliphatic hydroxyl groups excluding tert-OH is 4. The van der Waals surface area contributed by atoms with Gasteiger partial charge in [0.05, 0.1) is 48.8 Å². The van der Waals surface area contributed by atoms with Crippen LogP contribution in [0.2, 0.25) is 0 Å². The molecule has 0 saturated carbocycles. The smallest absolute Gasteiger partial charge is 0.339 e. The van der Waals surface area contributed by atoms with Crippen molar-refractivity contribution in [3.05, 3.63) is 156 Å². The summed E-state index contributed by atoms with van der Waals surface area (Å²) in [5, 5.41) is 40.3. The first kappa shape index (κ1) is 48.1. The highest BCUT2D eigenvalue weighted by atomic mass is 16.6. The number of ether oxygens (including phenoxy) is 4. The quantitative estimate of drug-likeness (QED) is 0.0634. The number of carbonyl (C=O) groups is 4. The Balaban J connectivity index is 0.000000238. The third kappa shape index (κ3) is 14.6. The van der Waals surface area contributed by atoms with Gasteiger partial charge in [0.1, 0.15) is 12.2 Å². The summed E-state index contributed by atoms with van der Waals surface area (Å²) in [6.07, 6.45) is 16.5. The van der Waals surface area contributed by atoms with Crippen LogP contribution in [-0.2, 0) is 38.1 Å². The number of fused-ring (bicyclic) bond motifs is 2. The fourth-order valence-electron chi connectivity index (χ4n) is 7.40. The number of carbonyl (C=O) groups excluding carboxylic acids is 4. The van der Waals surface area contributed by atoms with Gasteiger partial charge in [-0.1, -0.05) is 110 Å². The summed E-state index contributed by atoms with van der Waals surface area (Å²) in [7, 11) is 0. The van der Waals surface area contributed by atoms with Gasteiger partial charge in [0, 0.05) is 36.3 Å². The molecule has 0 fully saturated rings. The average Bonchev–Trinajstić information content (AvgIpc) is 3.28. The number of hydrogen-bond acceptors (Lipinski definition) is 12. The van der Waals surface area contributed by atoms with Crippen LogP contribution in [0, 0.1) is 11.8 Å². The molecule has 12 nitrogen and oxygen atoms in total. The Bertz CT molecular complexity index is 2110. The van der Waals surface area contributed by atoms with Gasteiger partial charge in [-0.15, -0.1) is 0 Å². The summed E-state index contributed by atoms with van der Waals surface area (Å²) >= 11 is 0. The van der Waals surface area contributed by atoms with Crippen molar-refractivity contribution in [1.29, 1.82) is 0 Å². The van der Waals surface area contributed by atoms with Crippen LogP contribution >= 0.6 is 0 Å². The van der Waals surface area contributed by atoms with Crippen molar-refractivity contribution in [2.24, 2.45) is 11.8 Å². The van der Waals surface area contributed by atoms with Gasteiger partial charge in [0.2, 0.25) is 0 Å². The van der Waals surface area contributed by atoms with Crippen LogP contribution in [-0.4, -0.2) is 94.1 Å². The molecule has 4 N–H and O–H groups in total. The van der Waals surface area contributed by atoms with Crippen LogP contribution < -0.4 is 0 Å². The molecule has 12 heteroatoms. The maximum atomic E-state index is 12.5. The molecule has 8 unspecified atom stereocenters. The molecule has 6 rings (SSSR count). The highest BCUT2D eigenvalue weighted by Crippen LogP contribution is 2.34. The van der Waals surface area contributed by atoms with Gasteiger partial charge in [-0.3, -0.25) is 0 Å². The summed E-state index contributed by atoms with van der Waals surface area (Å²) in [6.45, 7) is 8.41. The van der Waals surface area contributed by atoms with E-state index in [1.807, 2.05) is 109 Å². The molecule has 2 heterocycles. The monoisotopic (exact) mass is 862 g/mol. The van der Waals surface area contributed by atoms with Gasteiger partial charge in [-0.05, 0) is 79.9 Å². The van der Waals surface area contributed by atoms with Crippen molar-refractivity contribution in [2.45, 2.75) is 94.9 Å². The van der Waals surface area contributed by atoms with Crippen molar-refractivity contribution < 1.29 is 58.6 Å². The molecule has 2 aliphatic heterocycles. The van der Waals surface area contributed by atoms with Crippen molar-refractivity contribution in [3.63, 3.8) is 0 Å². The first-order valence-corrected chi connectivity index (χ1v) is 21.4. The average molecular weight is 863 g/mol. The van der Waals surface area contributed by atoms with E-state index in [4.69, 9.17) is 18.9 Å². The molecule has 0 radical (unpaired) electrons. The van der Waals surface area contributed by atoms with Crippen LogP contribution in [0.15, 0.2) is 145 Å². The minimum absolute atomic E-state index is 0.000909. The largest absolute Gasteiger partial charge is 0.462 e. The second kappa shape index (κ2) is 24.1. The molecule has 0 saturated heterocycles. The Morgan fingerprint density at radius 2 is 1.06 bits per heavy atom. The first-order valence-electron chi connectivity index (χ1n) is 21.4. The minimum Gasteiger partial charge on any atom is -0.462 e. The maximum Gasteiger partial charge on any atom is 0.339 e. The van der Waals surface area contributed by atoms with E-state index in [1.54, 1.807) is 6.92 Å². The van der Waals surface area contributed by atoms with E-state index in [1.165, 1.54) is 0 Å². The molecule has 2 aromatic carbocycles. The molecule has 0 spiro atoms. The zero-order chi connectivity index (χ0) is 45.3. The zero-order valence-electron chi connectivity index (χ0n) is 35.6. The van der Waals surface area contributed by atoms with E-state index in [2.05, 4.69) is 13.2 Å². The Morgan fingerprint density at radius 3 is 1.48 bits per heavy atom. The molecule has 334 valence electrons. The van der Waals surface area contributed by atoms with E-state index < -0.39 is 36.4 Å². The lowest BCUT2D eigenvalue weighted by Crippen LogP contribution is -2.30. The molecule has 2 aliphatic carbocycles. The third-order valence-electron chi connectivity index (χ3n) is 11.0. The molecule has 2 aromatic rings. The standard InChI is InChI=1S/C26H30O6.C25H28O6/c1-17(2)25(29)31-14-13-23(28)22(27)10-6-7-18-11-12-20-16-21(19-8-4-3-5-9-19)26(30)32-24(20)15-18;1-2-24(28)30-14-13-22(27)21(26)10-6-7-17-11-12-19-16-20(18-8-4-3-5-9-18)25(29)31-23(19)15-17/h3-5,8-9,11-12,15-16,20,22-24,27-28H,1,6-7,10,13-14H2,2H3;2-5,8-9,11-12,15-16,19,21-23,26-27H,1,6-7,10,13-14H2. The van der Waals surface area contributed by atoms with Gasteiger partial charge in [0.15, 0.2) is 0 Å². The highest BCUT2D eigenvalue weighted by Gasteiger charge is 2.32. The summed E-state index contributed by atoms with van der Waals surface area (Å²) in [5.41, 5.74) is 5.23. The second-order valence-electron chi connectivity index (χ2n) is 15.9. The van der Waals surface area contributed by atoms with Gasteiger partial charge in [0.25, 0.3) is 0 Å². The van der Waals surface area contributed by atoms with Crippen molar-refractivity contribution >= 4 is 35.0 Å². The van der Waals surface area contributed by atoms with Crippen molar-refractivity contribution in [2.75, 3.05) is 13.2 Å². The lowest BCUT2D eigenvalue weighted by molar-refractivity contribution is -0.142. The van der Waals surface area contributed by atoms with Crippen LogP contribution in [0.5, 0.6) is 0 Å². The van der Waals surface area contributed by atoms with Gasteiger partial charge in [-0.25, -0.2) is 19.2 Å². The van der Waals surface area contributed by atoms with Crippen LogP contribution in [0.4, 0.5) is 0 Å². The van der Waals surface area contributed by atoms with Gasteiger partial charge < -0.3 is 39.4 Å². The number of benzene rings is 2. The Kier molecular flexibility index (Phi) is 18.4. The zero-order valence-corrected chi connectivity index (χ0v) is 35.6. The molecule has 0 aromatic heterocycles. The SMILES string of the molecule is C=C(C)C(=O)OCCC(O)C(O)CCCC1=CC2OC(=O)C(c3ccccc3)=CC2C=C1.C=CC(=O)OCCC(O)C(O)CCCC1=CC2OC(=O)C(c3ccccc3)=CC2C=C1. The van der Waals surface area contributed by atoms with E-state index in [0.29, 0.717) is 55.2 Å². The maximum absolute atomic E-state index is 12.5. The summed E-state index contributed by atoms with van der Waals surface area (Å²) in [4.78, 5) is 47.2. The second-order valence-corrected chi connectivity index (χ2v) is 15.9. The first-order chi connectivity index (χ1) is 30.3. The summed E-state index contributed by atoms with van der Waals surface area (Å²) in [5.74, 6) is -1.70. The van der Waals surface area contributed by atoms with Crippen LogP contribution in [0.3, 0.4) is 0 Å². The third-order valence-corrected chi connectivity index (χ3v) is 11.0. The van der Waals surface area contributed by atoms with E-state index in [-0.39, 0.29) is 62.0 Å². The lowest BCUT2D eigenvalue weighted by Gasteiger charge is -2.29. The number of rotatable bonds is 20. The fourth-order valence-corrected chi connectivity index (χ4v) is 7.40. The molecular formula is C51H58O12. The number of allylic oxidation sites excluding steroid dienone is 4. The Labute approximate surface area is 368 Å². The Morgan fingerprint density at radius 1 is 0.651 bits per heavy atom. The highest BCUT2D eigenvalue weighted by molar-refractivity contribution is 6.18. The van der Waals surface area contributed by atoms with Gasteiger partial charge in [-0.2, -0.15) is 0 Å². The molecule has 63 heavy (non-hydrogen) atoms. The molecule has 0 bridgehead atoms. The fraction of sp³-hybridized carbons (Fsp3) is 0.373. The van der Waals surface area contributed by atoms with Crippen LogP contribution in [0.1, 0.15) is 69.4 Å². The number of hydrogen-bond donors (Lipinski definition) is 4. The lowest BCUT2D eigenvalue weighted by atomic mass is 9.87. The van der Waals surface area contributed by atoms with E-state index in [9.17, 15) is 39.6 Å². The summed E-state index contributed by atoms with van der Waals surface area (Å²) < 4.78 is 21.1. The van der Waals surface area contributed by atoms with E-state index in [0.717, 1.165) is 28.3 Å². The van der Waals surface area contributed by atoms with Gasteiger partial charge >= 0.3 is 23.9 Å². The molecule has 8 atom stereocenters. The number of aliphatic hydroxyl groups is 4. The predicted molar refractivity (Wildman–Crippen MR) is 238 cm³/mol. The molecular weight excluding hydrogens is 805 g/mol. The van der Waals surface area contributed by atoms with Crippen molar-refractivity contribution in [1.82, 2.24) is 0 Å². The summed E-state index contributed by atoms with van der Waals surface area (Å²) in [6, 6.07) is 19.0. The predicted octanol–water partition coefficient (Wildman–Crippen LogP) is 6.63. The topological polar surface area (TPSA) is 186 Å². The van der Waals surface area contributed by atoms with Crippen LogP contribution in [0.25, 0.3) is 11.1 Å².